The Bertz CT molecular complexity index is 1140. The second-order valence-electron chi connectivity index (χ2n) is 8.55. The van der Waals surface area contributed by atoms with Gasteiger partial charge in [0.2, 0.25) is 11.8 Å². The van der Waals surface area contributed by atoms with Gasteiger partial charge in [0.05, 0.1) is 13.2 Å². The number of para-hydroxylation sites is 1. The maximum absolute atomic E-state index is 13.4. The Labute approximate surface area is 215 Å². The molecule has 186 valence electrons. The number of ether oxygens (including phenoxy) is 1. The van der Waals surface area contributed by atoms with Gasteiger partial charge in [-0.15, -0.1) is 17.0 Å². The Hall–Kier alpha value is -3.17. The summed E-state index contributed by atoms with van der Waals surface area (Å²) in [5.41, 5.74) is 2.75. The number of fused-ring (bicyclic) bond motifs is 1. The summed E-state index contributed by atoms with van der Waals surface area (Å²) in [5.74, 6) is -1.17. The smallest absolute Gasteiger partial charge is 0.328 e. The maximum Gasteiger partial charge on any atom is 0.328 e. The molecule has 35 heavy (non-hydrogen) atoms. The highest BCUT2D eigenvalue weighted by Crippen LogP contribution is 2.19. The average molecular weight is 543 g/mol. The van der Waals surface area contributed by atoms with Crippen LogP contribution < -0.4 is 16.0 Å². The van der Waals surface area contributed by atoms with E-state index < -0.39 is 24.0 Å². The molecule has 2 heterocycles. The number of aromatic nitrogens is 1. The molecule has 1 aromatic heterocycles. The third-order valence-electron chi connectivity index (χ3n) is 6.19. The van der Waals surface area contributed by atoms with Crippen LogP contribution in [0, 0.1) is 0 Å². The summed E-state index contributed by atoms with van der Waals surface area (Å²) in [6.45, 7) is 0.780. The molecule has 2 aromatic carbocycles. The van der Waals surface area contributed by atoms with E-state index >= 15 is 0 Å². The summed E-state index contributed by atoms with van der Waals surface area (Å²) in [7, 11) is 1.30. The Morgan fingerprint density at radius 3 is 2.46 bits per heavy atom. The quantitative estimate of drug-likeness (QED) is 0.310. The van der Waals surface area contributed by atoms with Gasteiger partial charge in [0, 0.05) is 29.9 Å². The third-order valence-corrected chi connectivity index (χ3v) is 6.19. The highest BCUT2D eigenvalue weighted by molar-refractivity contribution is 8.93. The van der Waals surface area contributed by atoms with Crippen LogP contribution in [0.15, 0.2) is 60.8 Å². The van der Waals surface area contributed by atoms with E-state index in [1.54, 1.807) is 0 Å². The van der Waals surface area contributed by atoms with Gasteiger partial charge in [0.25, 0.3) is 0 Å². The van der Waals surface area contributed by atoms with Crippen LogP contribution in [-0.4, -0.2) is 54.5 Å². The van der Waals surface area contributed by atoms with Gasteiger partial charge >= 0.3 is 5.97 Å². The van der Waals surface area contributed by atoms with Gasteiger partial charge in [-0.25, -0.2) is 4.79 Å². The van der Waals surface area contributed by atoms with Crippen molar-refractivity contribution < 1.29 is 19.1 Å². The summed E-state index contributed by atoms with van der Waals surface area (Å²) in [6.07, 6.45) is 4.06. The lowest BCUT2D eigenvalue weighted by molar-refractivity contribution is -0.145. The third kappa shape index (κ3) is 6.70. The van der Waals surface area contributed by atoms with Crippen molar-refractivity contribution in [1.29, 1.82) is 0 Å². The molecule has 0 aliphatic carbocycles. The molecule has 0 radical (unpaired) electrons. The van der Waals surface area contributed by atoms with E-state index in [1.807, 2.05) is 60.8 Å². The van der Waals surface area contributed by atoms with Crippen LogP contribution in [0.25, 0.3) is 10.9 Å². The van der Waals surface area contributed by atoms with Gasteiger partial charge in [-0.2, -0.15) is 0 Å². The van der Waals surface area contributed by atoms with Crippen LogP contribution in [0.1, 0.15) is 24.0 Å². The molecule has 8 nitrogen and oxygen atoms in total. The van der Waals surface area contributed by atoms with E-state index in [2.05, 4.69) is 20.9 Å². The molecule has 9 heteroatoms. The van der Waals surface area contributed by atoms with Crippen molar-refractivity contribution in [1.82, 2.24) is 20.9 Å². The number of hydrogen-bond acceptors (Lipinski definition) is 5. The summed E-state index contributed by atoms with van der Waals surface area (Å²) in [5, 5.41) is 9.85. The first-order valence-electron chi connectivity index (χ1n) is 11.6. The average Bonchev–Trinajstić information content (AvgIpc) is 3.54. The molecule has 1 fully saturated rings. The van der Waals surface area contributed by atoms with Gasteiger partial charge < -0.3 is 25.7 Å². The van der Waals surface area contributed by atoms with Gasteiger partial charge in [0.1, 0.15) is 12.1 Å². The van der Waals surface area contributed by atoms with Crippen LogP contribution in [0.4, 0.5) is 0 Å². The van der Waals surface area contributed by atoms with Crippen LogP contribution in [0.3, 0.4) is 0 Å². The summed E-state index contributed by atoms with van der Waals surface area (Å²) in [4.78, 5) is 41.9. The molecular formula is C26H31BrN4O4. The number of nitrogens with one attached hydrogen (secondary N) is 4. The monoisotopic (exact) mass is 542 g/mol. The topological polar surface area (TPSA) is 112 Å². The van der Waals surface area contributed by atoms with Crippen molar-refractivity contribution in [2.45, 2.75) is 43.8 Å². The first-order chi connectivity index (χ1) is 16.5. The van der Waals surface area contributed by atoms with Crippen LogP contribution in [0.2, 0.25) is 0 Å². The molecule has 0 saturated carbocycles. The molecule has 0 bridgehead atoms. The van der Waals surface area contributed by atoms with Crippen LogP contribution in [0.5, 0.6) is 0 Å². The fourth-order valence-electron chi connectivity index (χ4n) is 4.37. The molecule has 2 amide bonds. The molecule has 4 N–H and O–H groups in total. The van der Waals surface area contributed by atoms with E-state index in [0.29, 0.717) is 6.42 Å². The number of H-pyrrole nitrogens is 1. The van der Waals surface area contributed by atoms with Gasteiger partial charge in [0.15, 0.2) is 0 Å². The lowest BCUT2D eigenvalue weighted by Crippen LogP contribution is -2.55. The number of aromatic amines is 1. The highest BCUT2D eigenvalue weighted by Gasteiger charge is 2.31. The van der Waals surface area contributed by atoms with Crippen molar-refractivity contribution in [3.05, 3.63) is 71.9 Å². The van der Waals surface area contributed by atoms with E-state index in [4.69, 9.17) is 4.74 Å². The van der Waals surface area contributed by atoms with Crippen molar-refractivity contribution in [3.8, 4) is 0 Å². The maximum atomic E-state index is 13.4. The minimum atomic E-state index is -0.892. The zero-order valence-electron chi connectivity index (χ0n) is 19.6. The minimum Gasteiger partial charge on any atom is -0.467 e. The number of methoxy groups -OCH3 is 1. The fraction of sp³-hybridized carbons (Fsp3) is 0.346. The predicted molar refractivity (Wildman–Crippen MR) is 139 cm³/mol. The van der Waals surface area contributed by atoms with E-state index in [-0.39, 0.29) is 35.4 Å². The number of esters is 1. The Morgan fingerprint density at radius 1 is 1.00 bits per heavy atom. The van der Waals surface area contributed by atoms with Crippen molar-refractivity contribution in [3.63, 3.8) is 0 Å². The van der Waals surface area contributed by atoms with Crippen molar-refractivity contribution in [2.75, 3.05) is 13.7 Å². The predicted octanol–water partition coefficient (Wildman–Crippen LogP) is 2.43. The fourth-order valence-corrected chi connectivity index (χ4v) is 4.37. The van der Waals surface area contributed by atoms with E-state index in [1.165, 1.54) is 7.11 Å². The first-order valence-corrected chi connectivity index (χ1v) is 11.6. The highest BCUT2D eigenvalue weighted by atomic mass is 79.9. The van der Waals surface area contributed by atoms with Crippen molar-refractivity contribution >= 4 is 45.7 Å². The number of carbonyl (C=O) groups is 3. The molecule has 4 rings (SSSR count). The molecule has 3 atom stereocenters. The number of rotatable bonds is 9. The zero-order chi connectivity index (χ0) is 23.9. The standard InChI is InChI=1S/C26H30N4O4.BrH/c1-34-26(33)23(15-18-16-28-20-11-6-5-10-19(18)20)30-25(32)22(14-17-8-3-2-4-9-17)29-24(31)21-12-7-13-27-21;/h2-6,8-11,16,21-23,27-28H,7,12-15H2,1H3,(H,29,31)(H,30,32);1H. The number of benzene rings is 2. The van der Waals surface area contributed by atoms with Crippen LogP contribution >= 0.6 is 17.0 Å². The second-order valence-corrected chi connectivity index (χ2v) is 8.55. The lowest BCUT2D eigenvalue weighted by atomic mass is 10.0. The summed E-state index contributed by atoms with van der Waals surface area (Å²) < 4.78 is 4.97. The SMILES string of the molecule is Br.COC(=O)C(Cc1c[nH]c2ccccc12)NC(=O)C(Cc1ccccc1)NC(=O)C1CCCN1. The number of amides is 2. The Kier molecular flexibility index (Phi) is 9.45. The first kappa shape index (κ1) is 26.4. The summed E-state index contributed by atoms with van der Waals surface area (Å²) >= 11 is 0. The Balaban J connectivity index is 0.00000342. The van der Waals surface area contributed by atoms with E-state index in [0.717, 1.165) is 41.4 Å². The number of halogens is 1. The molecule has 0 spiro atoms. The molecule has 1 aliphatic rings. The normalized spacial score (nSPS) is 16.7. The van der Waals surface area contributed by atoms with E-state index in [9.17, 15) is 14.4 Å². The van der Waals surface area contributed by atoms with Crippen molar-refractivity contribution in [2.24, 2.45) is 0 Å². The van der Waals surface area contributed by atoms with Gasteiger partial charge in [-0.3, -0.25) is 9.59 Å². The number of hydrogen-bond donors (Lipinski definition) is 4. The van der Waals surface area contributed by atoms with Crippen LogP contribution in [-0.2, 0) is 32.0 Å². The molecular weight excluding hydrogens is 512 g/mol. The molecule has 1 aliphatic heterocycles. The molecule has 3 aromatic rings. The summed E-state index contributed by atoms with van der Waals surface area (Å²) in [6, 6.07) is 15.2. The Morgan fingerprint density at radius 2 is 1.74 bits per heavy atom. The largest absolute Gasteiger partial charge is 0.467 e. The minimum absolute atomic E-state index is 0. The molecule has 3 unspecified atom stereocenters. The van der Waals surface area contributed by atoms with Gasteiger partial charge in [-0.1, -0.05) is 48.5 Å². The molecule has 1 saturated heterocycles. The number of carbonyl (C=O) groups excluding carboxylic acids is 3. The van der Waals surface area contributed by atoms with Gasteiger partial charge in [-0.05, 0) is 36.6 Å². The zero-order valence-corrected chi connectivity index (χ0v) is 21.3. The lowest BCUT2D eigenvalue weighted by Gasteiger charge is -2.23. The second kappa shape index (κ2) is 12.5.